The minimum absolute atomic E-state index is 0.130. The summed E-state index contributed by atoms with van der Waals surface area (Å²) in [6.45, 7) is 4.11. The van der Waals surface area contributed by atoms with Gasteiger partial charge in [-0.1, -0.05) is 41.5 Å². The van der Waals surface area contributed by atoms with Crippen LogP contribution in [0.3, 0.4) is 0 Å². The second-order valence-corrected chi connectivity index (χ2v) is 6.48. The van der Waals surface area contributed by atoms with Gasteiger partial charge in [-0.15, -0.1) is 0 Å². The molecular formula is C15H18O3S. The van der Waals surface area contributed by atoms with Crippen LogP contribution in [0, 0.1) is 12.8 Å². The van der Waals surface area contributed by atoms with Crippen molar-refractivity contribution in [2.45, 2.75) is 25.2 Å². The predicted octanol–water partition coefficient (Wildman–Crippen LogP) is 3.22. The van der Waals surface area contributed by atoms with Gasteiger partial charge >= 0.3 is 0 Å². The van der Waals surface area contributed by atoms with Gasteiger partial charge in [0.2, 0.25) is 0 Å². The molecular weight excluding hydrogens is 260 g/mol. The van der Waals surface area contributed by atoms with Gasteiger partial charge in [0.25, 0.3) is 10.1 Å². The van der Waals surface area contributed by atoms with Gasteiger partial charge in [-0.3, -0.25) is 4.18 Å². The van der Waals surface area contributed by atoms with E-state index < -0.39 is 10.1 Å². The van der Waals surface area contributed by atoms with Crippen molar-refractivity contribution < 1.29 is 12.6 Å². The Morgan fingerprint density at radius 1 is 1.21 bits per heavy atom. The smallest absolute Gasteiger partial charge is 0.266 e. The lowest BCUT2D eigenvalue weighted by molar-refractivity contribution is 0.279. The molecule has 0 fully saturated rings. The predicted molar refractivity (Wildman–Crippen MR) is 75.3 cm³/mol. The first-order chi connectivity index (χ1) is 8.97. The van der Waals surface area contributed by atoms with Gasteiger partial charge in [0.15, 0.2) is 0 Å². The molecule has 0 heterocycles. The monoisotopic (exact) mass is 278 g/mol. The zero-order valence-electron chi connectivity index (χ0n) is 11.2. The molecule has 0 aromatic heterocycles. The van der Waals surface area contributed by atoms with Gasteiger partial charge in [-0.2, -0.15) is 8.42 Å². The van der Waals surface area contributed by atoms with Gasteiger partial charge in [0, 0.05) is 5.92 Å². The van der Waals surface area contributed by atoms with E-state index in [9.17, 15) is 8.42 Å². The third kappa shape index (κ3) is 3.78. The summed E-state index contributed by atoms with van der Waals surface area (Å²) in [5.74, 6) is 0.130. The molecule has 0 aliphatic heterocycles. The topological polar surface area (TPSA) is 43.4 Å². The number of hydrogen-bond donors (Lipinski definition) is 0. The highest BCUT2D eigenvalue weighted by Gasteiger charge is 2.17. The van der Waals surface area contributed by atoms with E-state index >= 15 is 0 Å². The fourth-order valence-corrected chi connectivity index (χ4v) is 2.95. The van der Waals surface area contributed by atoms with Crippen LogP contribution in [0.5, 0.6) is 0 Å². The summed E-state index contributed by atoms with van der Waals surface area (Å²) < 4.78 is 29.2. The molecule has 1 aromatic carbocycles. The minimum atomic E-state index is -3.65. The van der Waals surface area contributed by atoms with E-state index in [1.807, 2.05) is 32.1 Å². The maximum atomic E-state index is 12.0. The second-order valence-electron chi connectivity index (χ2n) is 4.86. The summed E-state index contributed by atoms with van der Waals surface area (Å²) in [6, 6.07) is 6.69. The van der Waals surface area contributed by atoms with E-state index in [4.69, 9.17) is 4.18 Å². The van der Waals surface area contributed by atoms with Crippen molar-refractivity contribution in [3.05, 3.63) is 53.6 Å². The standard InChI is InChI=1S/C15H18O3S/c1-12-6-8-15(9-7-12)19(16,17)18-11-14-5-3-4-13(2)10-14/h3-4,6-10,14H,5,11H2,1-2H3/t14-/m1/s1. The van der Waals surface area contributed by atoms with Crippen molar-refractivity contribution in [2.75, 3.05) is 6.61 Å². The Hall–Kier alpha value is -1.39. The van der Waals surface area contributed by atoms with Crippen LogP contribution in [0.4, 0.5) is 0 Å². The largest absolute Gasteiger partial charge is 0.296 e. The second kappa shape index (κ2) is 5.72. The Kier molecular flexibility index (Phi) is 4.22. The van der Waals surface area contributed by atoms with E-state index in [2.05, 4.69) is 0 Å². The average molecular weight is 278 g/mol. The Morgan fingerprint density at radius 3 is 2.53 bits per heavy atom. The van der Waals surface area contributed by atoms with Crippen molar-refractivity contribution in [3.8, 4) is 0 Å². The van der Waals surface area contributed by atoms with Crippen molar-refractivity contribution >= 4 is 10.1 Å². The molecule has 0 radical (unpaired) electrons. The van der Waals surface area contributed by atoms with Crippen LogP contribution in [-0.4, -0.2) is 15.0 Å². The fourth-order valence-electron chi connectivity index (χ4n) is 1.99. The lowest BCUT2D eigenvalue weighted by atomic mass is 9.98. The maximum Gasteiger partial charge on any atom is 0.296 e. The first-order valence-corrected chi connectivity index (χ1v) is 7.69. The summed E-state index contributed by atoms with van der Waals surface area (Å²) in [5.41, 5.74) is 2.17. The normalized spacial score (nSPS) is 19.3. The summed E-state index contributed by atoms with van der Waals surface area (Å²) in [6.07, 6.45) is 6.94. The van der Waals surface area contributed by atoms with Gasteiger partial charge in [0.05, 0.1) is 11.5 Å². The number of allylic oxidation sites excluding steroid dienone is 3. The maximum absolute atomic E-state index is 12.0. The highest BCUT2D eigenvalue weighted by Crippen LogP contribution is 2.19. The zero-order valence-corrected chi connectivity index (χ0v) is 12.0. The summed E-state index contributed by atoms with van der Waals surface area (Å²) in [7, 11) is -3.65. The molecule has 0 unspecified atom stereocenters. The molecule has 0 bridgehead atoms. The molecule has 0 saturated carbocycles. The Bertz CT molecular complexity index is 595. The van der Waals surface area contributed by atoms with E-state index in [0.29, 0.717) is 0 Å². The van der Waals surface area contributed by atoms with Crippen LogP contribution in [0.1, 0.15) is 18.9 Å². The summed E-state index contributed by atoms with van der Waals surface area (Å²) >= 11 is 0. The molecule has 1 aliphatic carbocycles. The zero-order chi connectivity index (χ0) is 13.9. The van der Waals surface area contributed by atoms with Crippen molar-refractivity contribution in [2.24, 2.45) is 5.92 Å². The average Bonchev–Trinajstić information content (AvgIpc) is 2.37. The molecule has 102 valence electrons. The van der Waals surface area contributed by atoms with Crippen molar-refractivity contribution in [1.82, 2.24) is 0 Å². The lowest BCUT2D eigenvalue weighted by Crippen LogP contribution is -2.14. The molecule has 0 N–H and O–H groups in total. The van der Waals surface area contributed by atoms with Crippen LogP contribution in [0.25, 0.3) is 0 Å². The molecule has 0 spiro atoms. The molecule has 1 aromatic rings. The molecule has 0 amide bonds. The first-order valence-electron chi connectivity index (χ1n) is 6.28. The molecule has 2 rings (SSSR count). The first kappa shape index (κ1) is 14.0. The van der Waals surface area contributed by atoms with Crippen LogP contribution >= 0.6 is 0 Å². The Morgan fingerprint density at radius 2 is 1.89 bits per heavy atom. The molecule has 0 saturated heterocycles. The molecule has 1 atom stereocenters. The van der Waals surface area contributed by atoms with Crippen molar-refractivity contribution in [1.29, 1.82) is 0 Å². The lowest BCUT2D eigenvalue weighted by Gasteiger charge is -2.15. The van der Waals surface area contributed by atoms with Crippen molar-refractivity contribution in [3.63, 3.8) is 0 Å². The van der Waals surface area contributed by atoms with Gasteiger partial charge in [-0.05, 0) is 32.4 Å². The molecule has 4 heteroatoms. The molecule has 19 heavy (non-hydrogen) atoms. The molecule has 3 nitrogen and oxygen atoms in total. The third-order valence-electron chi connectivity index (χ3n) is 3.07. The fraction of sp³-hybridized carbons (Fsp3) is 0.333. The highest BCUT2D eigenvalue weighted by molar-refractivity contribution is 7.86. The Balaban J connectivity index is 2.02. The summed E-state index contributed by atoms with van der Waals surface area (Å²) in [5, 5.41) is 0. The third-order valence-corrected chi connectivity index (χ3v) is 4.36. The van der Waals surface area contributed by atoms with E-state index in [0.717, 1.165) is 17.6 Å². The molecule has 1 aliphatic rings. The van der Waals surface area contributed by atoms with Crippen LogP contribution in [0.2, 0.25) is 0 Å². The van der Waals surface area contributed by atoms with Gasteiger partial charge in [0.1, 0.15) is 0 Å². The van der Waals surface area contributed by atoms with Crippen LogP contribution in [0.15, 0.2) is 53.0 Å². The van der Waals surface area contributed by atoms with E-state index in [1.165, 1.54) is 0 Å². The van der Waals surface area contributed by atoms with Crippen LogP contribution < -0.4 is 0 Å². The number of aryl methyl sites for hydroxylation is 1. The number of hydrogen-bond acceptors (Lipinski definition) is 3. The summed E-state index contributed by atoms with van der Waals surface area (Å²) in [4.78, 5) is 0.213. The van der Waals surface area contributed by atoms with Gasteiger partial charge < -0.3 is 0 Å². The van der Waals surface area contributed by atoms with E-state index in [1.54, 1.807) is 24.3 Å². The minimum Gasteiger partial charge on any atom is -0.266 e. The highest BCUT2D eigenvalue weighted by atomic mass is 32.2. The quantitative estimate of drug-likeness (QED) is 0.794. The van der Waals surface area contributed by atoms with Gasteiger partial charge in [-0.25, -0.2) is 0 Å². The SMILES string of the molecule is CC1=C[C@H](COS(=O)(=O)c2ccc(C)cc2)CC=C1. The number of benzene rings is 1. The Labute approximate surface area is 114 Å². The van der Waals surface area contributed by atoms with Crippen LogP contribution in [-0.2, 0) is 14.3 Å². The number of rotatable bonds is 4. The van der Waals surface area contributed by atoms with E-state index in [-0.39, 0.29) is 17.4 Å².